The van der Waals surface area contributed by atoms with Crippen molar-refractivity contribution in [3.05, 3.63) is 47.2 Å². The molecule has 104 valence electrons. The largest absolute Gasteiger partial charge is 0.475 e. The van der Waals surface area contributed by atoms with Crippen LogP contribution in [0.3, 0.4) is 0 Å². The second-order valence-corrected chi connectivity index (χ2v) is 4.60. The third-order valence-corrected chi connectivity index (χ3v) is 3.33. The number of hydrogen-bond acceptors (Lipinski definition) is 3. The van der Waals surface area contributed by atoms with Crippen LogP contribution >= 0.6 is 0 Å². The minimum atomic E-state index is -1.12. The van der Waals surface area contributed by atoms with Gasteiger partial charge in [0.1, 0.15) is 5.58 Å². The van der Waals surface area contributed by atoms with Crippen LogP contribution in [0.15, 0.2) is 34.8 Å². The Bertz CT molecular complexity index is 707. The molecule has 0 bridgehead atoms. The number of rotatable bonds is 5. The van der Waals surface area contributed by atoms with Crippen molar-refractivity contribution in [2.45, 2.75) is 26.7 Å². The molecule has 0 spiro atoms. The molecule has 0 amide bonds. The summed E-state index contributed by atoms with van der Waals surface area (Å²) in [5.74, 6) is -1.34. The van der Waals surface area contributed by atoms with Gasteiger partial charge in [-0.05, 0) is 42.2 Å². The van der Waals surface area contributed by atoms with Crippen molar-refractivity contribution in [3.63, 3.8) is 0 Å². The zero-order valence-electron chi connectivity index (χ0n) is 11.5. The van der Waals surface area contributed by atoms with E-state index < -0.39 is 5.97 Å². The lowest BCUT2D eigenvalue weighted by atomic mass is 9.95. The number of allylic oxidation sites excluding steroid dienone is 1. The minimum absolute atomic E-state index is 0.0932. The maximum absolute atomic E-state index is 12.3. The number of carboxylic acids is 1. The van der Waals surface area contributed by atoms with Crippen LogP contribution in [0, 0.1) is 0 Å². The molecule has 0 atom stereocenters. The van der Waals surface area contributed by atoms with E-state index in [-0.39, 0.29) is 11.5 Å². The maximum atomic E-state index is 12.3. The maximum Gasteiger partial charge on any atom is 0.371 e. The normalized spacial score (nSPS) is 10.7. The van der Waals surface area contributed by atoms with Gasteiger partial charge in [0, 0.05) is 10.9 Å². The molecule has 4 heteroatoms. The lowest BCUT2D eigenvalue weighted by Gasteiger charge is -2.08. The van der Waals surface area contributed by atoms with Crippen LogP contribution in [0.5, 0.6) is 0 Å². The van der Waals surface area contributed by atoms with Gasteiger partial charge in [-0.3, -0.25) is 4.79 Å². The van der Waals surface area contributed by atoms with Crippen molar-refractivity contribution in [3.8, 4) is 0 Å². The van der Waals surface area contributed by atoms with Crippen LogP contribution in [-0.4, -0.2) is 16.9 Å². The van der Waals surface area contributed by atoms with Crippen molar-refractivity contribution >= 4 is 22.7 Å². The SMILES string of the molecule is C=C(CC)C(=O)c1cc2cc(C(=O)O)oc2cc1CC. The van der Waals surface area contributed by atoms with Crippen LogP contribution < -0.4 is 0 Å². The fraction of sp³-hybridized carbons (Fsp3) is 0.250. The molecule has 0 saturated carbocycles. The van der Waals surface area contributed by atoms with Crippen molar-refractivity contribution in [2.75, 3.05) is 0 Å². The van der Waals surface area contributed by atoms with Gasteiger partial charge in [-0.25, -0.2) is 4.79 Å². The number of aromatic carboxylic acids is 1. The highest BCUT2D eigenvalue weighted by Gasteiger charge is 2.17. The minimum Gasteiger partial charge on any atom is -0.475 e. The number of Topliss-reactive ketones (excluding diaryl/α,β-unsaturated/α-hetero) is 1. The molecular weight excluding hydrogens is 256 g/mol. The van der Waals surface area contributed by atoms with E-state index in [9.17, 15) is 9.59 Å². The summed E-state index contributed by atoms with van der Waals surface area (Å²) in [7, 11) is 0. The van der Waals surface area contributed by atoms with E-state index in [0.29, 0.717) is 34.9 Å². The Kier molecular flexibility index (Phi) is 3.74. The smallest absolute Gasteiger partial charge is 0.371 e. The molecule has 1 aromatic carbocycles. The highest BCUT2D eigenvalue weighted by molar-refractivity contribution is 6.11. The number of benzene rings is 1. The van der Waals surface area contributed by atoms with E-state index in [1.165, 1.54) is 6.07 Å². The van der Waals surface area contributed by atoms with E-state index in [4.69, 9.17) is 9.52 Å². The standard InChI is InChI=1S/C16H16O4/c1-4-9(3)15(17)12-6-11-8-14(16(18)19)20-13(11)7-10(12)5-2/h6-8H,3-5H2,1-2H3,(H,18,19). The topological polar surface area (TPSA) is 67.5 Å². The van der Waals surface area contributed by atoms with Crippen molar-refractivity contribution in [1.29, 1.82) is 0 Å². The number of fused-ring (bicyclic) bond motifs is 1. The first-order chi connectivity index (χ1) is 9.47. The molecule has 2 rings (SSSR count). The summed E-state index contributed by atoms with van der Waals surface area (Å²) in [6.45, 7) is 7.59. The highest BCUT2D eigenvalue weighted by Crippen LogP contribution is 2.26. The average molecular weight is 272 g/mol. The molecular formula is C16H16O4. The second-order valence-electron chi connectivity index (χ2n) is 4.60. The van der Waals surface area contributed by atoms with Gasteiger partial charge in [-0.15, -0.1) is 0 Å². The van der Waals surface area contributed by atoms with Gasteiger partial charge >= 0.3 is 5.97 Å². The molecule has 1 N–H and O–H groups in total. The summed E-state index contributed by atoms with van der Waals surface area (Å²) in [5.41, 5.74) is 2.44. The van der Waals surface area contributed by atoms with Gasteiger partial charge in [0.05, 0.1) is 0 Å². The van der Waals surface area contributed by atoms with Crippen molar-refractivity contribution < 1.29 is 19.1 Å². The van der Waals surface area contributed by atoms with Gasteiger partial charge in [0.25, 0.3) is 0 Å². The first-order valence-corrected chi connectivity index (χ1v) is 6.50. The number of furan rings is 1. The summed E-state index contributed by atoms with van der Waals surface area (Å²) < 4.78 is 5.26. The van der Waals surface area contributed by atoms with E-state index >= 15 is 0 Å². The lowest BCUT2D eigenvalue weighted by Crippen LogP contribution is -2.05. The first-order valence-electron chi connectivity index (χ1n) is 6.50. The highest BCUT2D eigenvalue weighted by atomic mass is 16.4. The van der Waals surface area contributed by atoms with Crippen LogP contribution in [0.2, 0.25) is 0 Å². The molecule has 20 heavy (non-hydrogen) atoms. The molecule has 0 aliphatic rings. The number of aryl methyl sites for hydroxylation is 1. The fourth-order valence-electron chi connectivity index (χ4n) is 2.09. The van der Waals surface area contributed by atoms with Crippen LogP contribution in [0.25, 0.3) is 11.0 Å². The van der Waals surface area contributed by atoms with E-state index in [2.05, 4.69) is 6.58 Å². The zero-order valence-corrected chi connectivity index (χ0v) is 11.5. The Balaban J connectivity index is 2.62. The molecule has 0 aliphatic heterocycles. The van der Waals surface area contributed by atoms with E-state index in [1.54, 1.807) is 12.1 Å². The second kappa shape index (κ2) is 5.33. The molecule has 1 heterocycles. The molecule has 2 aromatic rings. The van der Waals surface area contributed by atoms with Gasteiger partial charge in [-0.1, -0.05) is 20.4 Å². The molecule has 0 aliphatic carbocycles. The predicted molar refractivity (Wildman–Crippen MR) is 76.3 cm³/mol. The summed E-state index contributed by atoms with van der Waals surface area (Å²) >= 11 is 0. The molecule has 0 fully saturated rings. The molecule has 0 radical (unpaired) electrons. The summed E-state index contributed by atoms with van der Waals surface area (Å²) in [5, 5.41) is 9.56. The predicted octanol–water partition coefficient (Wildman–Crippen LogP) is 3.84. The van der Waals surface area contributed by atoms with Crippen LogP contribution in [0.4, 0.5) is 0 Å². The van der Waals surface area contributed by atoms with Crippen molar-refractivity contribution in [1.82, 2.24) is 0 Å². The average Bonchev–Trinajstić information content (AvgIpc) is 2.87. The summed E-state index contributed by atoms with van der Waals surface area (Å²) in [4.78, 5) is 23.2. The first kappa shape index (κ1) is 14.1. The monoisotopic (exact) mass is 272 g/mol. The Morgan fingerprint density at radius 2 is 1.95 bits per heavy atom. The van der Waals surface area contributed by atoms with Gasteiger partial charge in [0.15, 0.2) is 5.78 Å². The number of carbonyl (C=O) groups is 2. The number of carbonyl (C=O) groups excluding carboxylic acids is 1. The lowest BCUT2D eigenvalue weighted by molar-refractivity contribution is 0.0665. The molecule has 1 aromatic heterocycles. The molecule has 0 saturated heterocycles. The number of hydrogen-bond donors (Lipinski definition) is 1. The summed E-state index contributed by atoms with van der Waals surface area (Å²) in [6, 6.07) is 4.85. The molecule has 4 nitrogen and oxygen atoms in total. The third kappa shape index (κ3) is 2.37. The Morgan fingerprint density at radius 3 is 2.50 bits per heavy atom. The number of ketones is 1. The summed E-state index contributed by atoms with van der Waals surface area (Å²) in [6.07, 6.45) is 1.25. The van der Waals surface area contributed by atoms with Crippen molar-refractivity contribution in [2.24, 2.45) is 0 Å². The van der Waals surface area contributed by atoms with E-state index in [0.717, 1.165) is 5.56 Å². The number of carboxylic acid groups (broad SMARTS) is 1. The Labute approximate surface area is 116 Å². The van der Waals surface area contributed by atoms with Crippen LogP contribution in [0.1, 0.15) is 46.7 Å². The third-order valence-electron chi connectivity index (χ3n) is 3.33. The van der Waals surface area contributed by atoms with Gasteiger partial charge in [0.2, 0.25) is 5.76 Å². The van der Waals surface area contributed by atoms with Crippen LogP contribution in [-0.2, 0) is 6.42 Å². The quantitative estimate of drug-likeness (QED) is 0.663. The van der Waals surface area contributed by atoms with Gasteiger partial charge < -0.3 is 9.52 Å². The zero-order chi connectivity index (χ0) is 14.9. The fourth-order valence-corrected chi connectivity index (χ4v) is 2.09. The van der Waals surface area contributed by atoms with Gasteiger partial charge in [-0.2, -0.15) is 0 Å². The molecule has 0 unspecified atom stereocenters. The Morgan fingerprint density at radius 1 is 1.25 bits per heavy atom. The Hall–Kier alpha value is -2.36. The van der Waals surface area contributed by atoms with E-state index in [1.807, 2.05) is 13.8 Å².